The monoisotopic (exact) mass is 670 g/mol. The van der Waals surface area contributed by atoms with Gasteiger partial charge in [-0.25, -0.2) is 22.8 Å². The maximum atomic E-state index is 11.9. The highest BCUT2D eigenvalue weighted by Crippen LogP contribution is 2.61. The number of hydrogen-bond acceptors (Lipinski definition) is 11. The predicted octanol–water partition coefficient (Wildman–Crippen LogP) is -2.30. The van der Waals surface area contributed by atoms with E-state index in [0.29, 0.717) is 0 Å². The predicted molar refractivity (Wildman–Crippen MR) is 109 cm³/mol. The summed E-state index contributed by atoms with van der Waals surface area (Å²) in [5.41, 5.74) is 0. The van der Waals surface area contributed by atoms with Gasteiger partial charge in [-0.05, 0) is 0 Å². The van der Waals surface area contributed by atoms with Crippen LogP contribution in [0.4, 0.5) is 0 Å². The van der Waals surface area contributed by atoms with Gasteiger partial charge in [0.15, 0.2) is 0 Å². The molecule has 1 saturated carbocycles. The summed E-state index contributed by atoms with van der Waals surface area (Å²) in [6, 6.07) is 0. The molecule has 0 amide bonds. The molecule has 29 heteroatoms. The van der Waals surface area contributed by atoms with Gasteiger partial charge in [0.05, 0.1) is 5.92 Å². The van der Waals surface area contributed by atoms with Gasteiger partial charge in [0, 0.05) is 5.31 Å². The molecule has 0 saturated heterocycles. The summed E-state index contributed by atoms with van der Waals surface area (Å²) < 4.78 is 90.6. The van der Waals surface area contributed by atoms with Gasteiger partial charge >= 0.3 is 46.7 Å². The zero-order chi connectivity index (χ0) is 29.6. The van der Waals surface area contributed by atoms with E-state index in [4.69, 9.17) is 0 Å². The summed E-state index contributed by atoms with van der Waals surface area (Å²) >= 11 is 0. The van der Waals surface area contributed by atoms with E-state index in [1.807, 2.05) is 0 Å². The Kier molecular flexibility index (Phi) is 11.3. The molecular weight excluding hydrogens is 650 g/mol. The summed E-state index contributed by atoms with van der Waals surface area (Å²) in [4.78, 5) is 111. The average molecular weight is 670 g/mol. The van der Waals surface area contributed by atoms with Crippen LogP contribution in [0.5, 0.6) is 0 Å². The zero-order valence-corrected chi connectivity index (χ0v) is 22.6. The van der Waals surface area contributed by atoms with Crippen molar-refractivity contribution < 1.29 is 109 Å². The first-order chi connectivity index (χ1) is 16.0. The molecule has 1 aliphatic rings. The molecular formula is C8H20O23P6. The molecule has 0 heterocycles. The fraction of sp³-hybridized carbons (Fsp3) is 0.750. The topological polar surface area (TPSA) is 391 Å². The van der Waals surface area contributed by atoms with Crippen LogP contribution in [-0.2, 0) is 50.0 Å². The maximum absolute atomic E-state index is 11.9. The van der Waals surface area contributed by atoms with Crippen LogP contribution in [0.2, 0.25) is 0 Å². The Balaban J connectivity index is 4.17. The summed E-state index contributed by atoms with van der Waals surface area (Å²) in [5, 5.41) is -1.65. The Hall–Kier alpha value is 0.440. The lowest BCUT2D eigenvalue weighted by Crippen LogP contribution is -2.63. The van der Waals surface area contributed by atoms with Crippen LogP contribution < -0.4 is 0 Å². The van der Waals surface area contributed by atoms with Crippen molar-refractivity contribution in [2.24, 2.45) is 5.92 Å². The Bertz CT molecular complexity index is 1070. The molecule has 0 aromatic rings. The van der Waals surface area contributed by atoms with Gasteiger partial charge in [0.2, 0.25) is 0 Å². The van der Waals surface area contributed by atoms with Gasteiger partial charge in [0.25, 0.3) is 0 Å². The van der Waals surface area contributed by atoms with Gasteiger partial charge in [-0.15, -0.1) is 0 Å². The van der Waals surface area contributed by atoms with E-state index < -0.39 is 88.5 Å². The summed E-state index contributed by atoms with van der Waals surface area (Å²) in [5.74, 6) is -2.87. The van der Waals surface area contributed by atoms with Crippen LogP contribution in [-0.4, -0.2) is 89.2 Å². The molecule has 0 bridgehead atoms. The number of rotatable bonds is 12. The summed E-state index contributed by atoms with van der Waals surface area (Å²) in [7, 11) is -35.8. The third kappa shape index (κ3) is 12.2. The van der Waals surface area contributed by atoms with E-state index in [2.05, 4.69) is 29.2 Å². The minimum Gasteiger partial charge on any atom is -0.321 e. The second-order valence-corrected chi connectivity index (χ2v) is 14.5. The quantitative estimate of drug-likeness (QED) is 0.0971. The van der Waals surface area contributed by atoms with E-state index >= 15 is 0 Å². The van der Waals surface area contributed by atoms with Crippen LogP contribution in [0.3, 0.4) is 0 Å². The normalized spacial score (nSPS) is 28.8. The fourth-order valence-electron chi connectivity index (χ4n) is 3.13. The van der Waals surface area contributed by atoms with Gasteiger partial charge in [0.1, 0.15) is 30.5 Å². The summed E-state index contributed by atoms with van der Waals surface area (Å²) in [6.07, 6.45) is -15.4. The molecule has 23 nitrogen and oxygen atoms in total. The van der Waals surface area contributed by atoms with Gasteiger partial charge in [-0.2, -0.15) is 0 Å². The fourth-order valence-corrected chi connectivity index (χ4v) is 6.62. The molecule has 1 rings (SSSR count). The van der Waals surface area contributed by atoms with E-state index in [-0.39, 0.29) is 0 Å². The molecule has 12 N–H and O–H groups in total. The number of phosphoric acid groups is 5. The molecule has 37 heavy (non-hydrogen) atoms. The first kappa shape index (κ1) is 35.5. The summed E-state index contributed by atoms with van der Waals surface area (Å²) in [6.45, 7) is 2.85. The van der Waals surface area contributed by atoms with Crippen molar-refractivity contribution in [1.82, 2.24) is 0 Å². The van der Waals surface area contributed by atoms with Crippen molar-refractivity contribution in [3.8, 4) is 0 Å². The molecule has 1 aliphatic carbocycles. The Morgan fingerprint density at radius 1 is 0.432 bits per heavy atom. The average Bonchev–Trinajstić information content (AvgIpc) is 2.54. The molecule has 0 aliphatic heterocycles. The molecule has 0 radical (unpaired) electrons. The standard InChI is InChI=1S/C8H20O23P6/c1-2(32(9,10)11)3-4(27-33(12,13)14)6(29-35(18,19)20)8(31-37(24,25)26)7(30-36(21,22)23)5(3)28-34(15,16)17/h3-8H,1H2,(H2,9,10,11)(H2,12,13,14)(H2,15,16,17)(H2,18,19,20)(H2,21,22,23)(H2,24,25,26)/t3?,4-,5+,6+,7-,8?. The Morgan fingerprint density at radius 2 is 0.622 bits per heavy atom. The molecule has 1 fully saturated rings. The minimum atomic E-state index is -6.01. The molecule has 2 unspecified atom stereocenters. The highest BCUT2D eigenvalue weighted by molar-refractivity contribution is 7.56. The van der Waals surface area contributed by atoms with Gasteiger partial charge in [-0.1, -0.05) is 6.58 Å². The SMILES string of the molecule is C=C(C1[C@@H](OP(=O)(O)O)[C@H](OP(=O)(O)O)C(OP(=O)(O)O)[C@H](OP(=O)(O)O)[C@H]1OP(=O)(O)O)P(=O)(O)O. The van der Waals surface area contributed by atoms with Crippen LogP contribution in [0, 0.1) is 5.92 Å². The van der Waals surface area contributed by atoms with Crippen molar-refractivity contribution in [1.29, 1.82) is 0 Å². The smallest absolute Gasteiger partial charge is 0.321 e. The van der Waals surface area contributed by atoms with Gasteiger partial charge < -0.3 is 58.7 Å². The highest BCUT2D eigenvalue weighted by Gasteiger charge is 2.62. The highest BCUT2D eigenvalue weighted by atomic mass is 31.2. The van der Waals surface area contributed by atoms with E-state index in [1.54, 1.807) is 0 Å². The first-order valence-corrected chi connectivity index (χ1v) is 17.7. The van der Waals surface area contributed by atoms with Crippen molar-refractivity contribution in [2.75, 3.05) is 0 Å². The molecule has 0 aromatic carbocycles. The number of phosphoric ester groups is 5. The van der Waals surface area contributed by atoms with Crippen molar-refractivity contribution in [2.45, 2.75) is 30.5 Å². The largest absolute Gasteiger partial charge is 0.470 e. The lowest BCUT2D eigenvalue weighted by Gasteiger charge is -2.49. The van der Waals surface area contributed by atoms with Crippen molar-refractivity contribution in [3.63, 3.8) is 0 Å². The molecule has 0 spiro atoms. The number of hydrogen-bond donors (Lipinski definition) is 12. The van der Waals surface area contributed by atoms with Gasteiger partial charge in [-0.3, -0.25) is 27.2 Å². The second kappa shape index (κ2) is 11.7. The third-order valence-electron chi connectivity index (χ3n) is 4.06. The second-order valence-electron chi connectivity index (χ2n) is 6.86. The molecule has 6 atom stereocenters. The van der Waals surface area contributed by atoms with E-state index in [9.17, 15) is 86.1 Å². The molecule has 0 aromatic heterocycles. The molecule has 220 valence electrons. The Morgan fingerprint density at radius 3 is 0.811 bits per heavy atom. The van der Waals surface area contributed by atoms with E-state index in [1.165, 1.54) is 0 Å². The first-order valence-electron chi connectivity index (χ1n) is 8.45. The van der Waals surface area contributed by atoms with Crippen LogP contribution in [0.1, 0.15) is 0 Å². The van der Waals surface area contributed by atoms with Crippen molar-refractivity contribution >= 4 is 46.7 Å². The van der Waals surface area contributed by atoms with Crippen molar-refractivity contribution in [3.05, 3.63) is 11.9 Å². The minimum absolute atomic E-state index is 1.65. The third-order valence-corrected chi connectivity index (χ3v) is 7.69. The van der Waals surface area contributed by atoms with E-state index in [0.717, 1.165) is 0 Å². The zero-order valence-electron chi connectivity index (χ0n) is 17.2. The Labute approximate surface area is 204 Å². The van der Waals surface area contributed by atoms with Crippen LogP contribution in [0.15, 0.2) is 11.9 Å². The van der Waals surface area contributed by atoms with Crippen LogP contribution in [0.25, 0.3) is 0 Å². The lowest BCUT2D eigenvalue weighted by atomic mass is 9.78. The van der Waals surface area contributed by atoms with Crippen LogP contribution >= 0.6 is 46.7 Å². The lowest BCUT2D eigenvalue weighted by molar-refractivity contribution is -0.177. The maximum Gasteiger partial charge on any atom is 0.470 e.